The van der Waals surface area contributed by atoms with Gasteiger partial charge in [-0.3, -0.25) is 19.3 Å². The minimum Gasteiger partial charge on any atom is -0.481 e. The summed E-state index contributed by atoms with van der Waals surface area (Å²) in [5, 5.41) is 9.53. The number of halogens is 1. The van der Waals surface area contributed by atoms with Crippen molar-refractivity contribution in [2.75, 3.05) is 6.54 Å². The van der Waals surface area contributed by atoms with E-state index >= 15 is 0 Å². The zero-order chi connectivity index (χ0) is 22.8. The van der Waals surface area contributed by atoms with Crippen LogP contribution in [0.5, 0.6) is 0 Å². The van der Waals surface area contributed by atoms with Crippen molar-refractivity contribution in [2.24, 2.45) is 0 Å². The molecule has 1 aliphatic rings. The van der Waals surface area contributed by atoms with Crippen LogP contribution in [0.1, 0.15) is 34.5 Å². The Balaban J connectivity index is 1.54. The molecule has 1 aliphatic heterocycles. The van der Waals surface area contributed by atoms with Gasteiger partial charge in [0.1, 0.15) is 9.90 Å². The number of fused-ring (bicyclic) bond motifs is 1. The smallest absolute Gasteiger partial charge is 0.303 e. The first-order valence-electron chi connectivity index (χ1n) is 9.63. The molecule has 2 heterocycles. The summed E-state index contributed by atoms with van der Waals surface area (Å²) in [4.78, 5) is 38.0. The highest BCUT2D eigenvalue weighted by molar-refractivity contribution is 9.10. The number of carbonyl (C=O) groups is 3. The number of furan rings is 1. The van der Waals surface area contributed by atoms with Crippen LogP contribution in [0.2, 0.25) is 0 Å². The molecular weight excluding hydrogens is 514 g/mol. The fraction of sp³-hybridized carbons (Fsp3) is 0.130. The van der Waals surface area contributed by atoms with E-state index in [2.05, 4.69) is 15.9 Å². The summed E-state index contributed by atoms with van der Waals surface area (Å²) in [6.07, 6.45) is 2.05. The normalized spacial score (nSPS) is 15.2. The summed E-state index contributed by atoms with van der Waals surface area (Å²) < 4.78 is 7.03. The third kappa shape index (κ3) is 4.85. The lowest BCUT2D eigenvalue weighted by Gasteiger charge is -2.13. The molecule has 4 rings (SSSR count). The number of hydrogen-bond acceptors (Lipinski definition) is 6. The molecule has 1 fully saturated rings. The Morgan fingerprint density at radius 2 is 1.91 bits per heavy atom. The number of ketones is 1. The molecule has 9 heteroatoms. The van der Waals surface area contributed by atoms with E-state index in [0.29, 0.717) is 26.8 Å². The van der Waals surface area contributed by atoms with Gasteiger partial charge in [-0.25, -0.2) is 0 Å². The third-order valence-electron chi connectivity index (χ3n) is 4.81. The second kappa shape index (κ2) is 9.40. The summed E-state index contributed by atoms with van der Waals surface area (Å²) in [5.74, 6) is -1.11. The van der Waals surface area contributed by atoms with E-state index < -0.39 is 5.97 Å². The molecule has 1 saturated heterocycles. The van der Waals surface area contributed by atoms with E-state index in [1.807, 2.05) is 6.07 Å². The lowest BCUT2D eigenvalue weighted by atomic mass is 10.1. The highest BCUT2D eigenvalue weighted by Gasteiger charge is 2.31. The number of thioether (sulfide) groups is 1. The first-order chi connectivity index (χ1) is 15.3. The highest BCUT2D eigenvalue weighted by atomic mass is 79.9. The maximum Gasteiger partial charge on any atom is 0.303 e. The molecule has 2 aromatic carbocycles. The zero-order valence-electron chi connectivity index (χ0n) is 16.5. The fourth-order valence-corrected chi connectivity index (χ4v) is 4.81. The number of carboxylic acids is 1. The van der Waals surface area contributed by atoms with Crippen molar-refractivity contribution < 1.29 is 23.9 Å². The molecule has 0 bridgehead atoms. The van der Waals surface area contributed by atoms with Gasteiger partial charge in [0.15, 0.2) is 5.76 Å². The van der Waals surface area contributed by atoms with E-state index in [0.717, 1.165) is 15.4 Å². The lowest BCUT2D eigenvalue weighted by molar-refractivity contribution is -0.137. The van der Waals surface area contributed by atoms with Gasteiger partial charge in [-0.2, -0.15) is 0 Å². The van der Waals surface area contributed by atoms with Gasteiger partial charge in [-0.05, 0) is 60.5 Å². The first-order valence-corrected chi connectivity index (χ1v) is 11.6. The second-order valence-corrected chi connectivity index (χ2v) is 9.67. The van der Waals surface area contributed by atoms with Crippen molar-refractivity contribution in [2.45, 2.75) is 12.8 Å². The van der Waals surface area contributed by atoms with E-state index in [1.54, 1.807) is 48.5 Å². The Labute approximate surface area is 201 Å². The number of hydrogen-bond donors (Lipinski definition) is 1. The number of thiocarbonyl (C=S) groups is 1. The fourth-order valence-electron chi connectivity index (χ4n) is 3.24. The SMILES string of the molecule is O=C(O)CCCN1C(=O)/C(=C\c2ccc3oc(C(=O)c4ccc(Br)cc4)cc3c2)SC1=S. The summed E-state index contributed by atoms with van der Waals surface area (Å²) in [6.45, 7) is 0.274. The number of rotatable bonds is 7. The zero-order valence-corrected chi connectivity index (χ0v) is 19.8. The molecule has 0 spiro atoms. The number of amides is 1. The number of carboxylic acid groups (broad SMARTS) is 1. The number of nitrogens with zero attached hydrogens (tertiary/aromatic N) is 1. The van der Waals surface area contributed by atoms with Gasteiger partial charge in [0, 0.05) is 28.4 Å². The van der Waals surface area contributed by atoms with Crippen LogP contribution in [-0.2, 0) is 9.59 Å². The summed E-state index contributed by atoms with van der Waals surface area (Å²) in [5.41, 5.74) is 1.87. The molecule has 1 N–H and O–H groups in total. The predicted molar refractivity (Wildman–Crippen MR) is 131 cm³/mol. The van der Waals surface area contributed by atoms with Gasteiger partial charge in [0.2, 0.25) is 5.78 Å². The molecule has 1 amide bonds. The van der Waals surface area contributed by atoms with Crippen molar-refractivity contribution in [3.8, 4) is 0 Å². The molecule has 3 aromatic rings. The Hall–Kier alpha value is -2.75. The van der Waals surface area contributed by atoms with Gasteiger partial charge >= 0.3 is 5.97 Å². The van der Waals surface area contributed by atoms with Crippen LogP contribution in [0.25, 0.3) is 17.0 Å². The molecule has 6 nitrogen and oxygen atoms in total. The van der Waals surface area contributed by atoms with Crippen molar-refractivity contribution in [3.63, 3.8) is 0 Å². The van der Waals surface area contributed by atoms with Crippen LogP contribution >= 0.6 is 39.9 Å². The molecule has 0 aliphatic carbocycles. The van der Waals surface area contributed by atoms with Gasteiger partial charge < -0.3 is 9.52 Å². The summed E-state index contributed by atoms with van der Waals surface area (Å²) >= 11 is 9.82. The predicted octanol–water partition coefficient (Wildman–Crippen LogP) is 5.49. The molecule has 0 atom stereocenters. The standard InChI is InChI=1S/C23H16BrNO5S2/c24-16-6-4-14(5-7-16)21(28)18-12-15-10-13(3-8-17(15)30-18)11-19-22(29)25(23(31)32-19)9-1-2-20(26)27/h3-8,10-12H,1-2,9H2,(H,26,27)/b19-11+. The third-order valence-corrected chi connectivity index (χ3v) is 6.72. The average Bonchev–Trinajstić information content (AvgIpc) is 3.29. The van der Waals surface area contributed by atoms with Crippen molar-refractivity contribution in [1.29, 1.82) is 0 Å². The molecular formula is C23H16BrNO5S2. The summed E-state index contributed by atoms with van der Waals surface area (Å²) in [6, 6.07) is 14.1. The lowest BCUT2D eigenvalue weighted by Crippen LogP contribution is -2.29. The molecule has 1 aromatic heterocycles. The van der Waals surface area contributed by atoms with Crippen molar-refractivity contribution >= 4 is 78.9 Å². The van der Waals surface area contributed by atoms with E-state index in [4.69, 9.17) is 21.7 Å². The van der Waals surface area contributed by atoms with E-state index in [1.165, 1.54) is 16.7 Å². The van der Waals surface area contributed by atoms with Crippen LogP contribution in [0, 0.1) is 0 Å². The van der Waals surface area contributed by atoms with Crippen molar-refractivity contribution in [1.82, 2.24) is 4.90 Å². The average molecular weight is 530 g/mol. The van der Waals surface area contributed by atoms with Gasteiger partial charge in [0.05, 0.1) is 4.91 Å². The maximum absolute atomic E-state index is 12.7. The Morgan fingerprint density at radius 3 is 2.62 bits per heavy atom. The van der Waals surface area contributed by atoms with E-state index in [-0.39, 0.29) is 30.4 Å². The van der Waals surface area contributed by atoms with Gasteiger partial charge in [-0.1, -0.05) is 46.0 Å². The number of aliphatic carboxylic acids is 1. The monoisotopic (exact) mass is 529 g/mol. The van der Waals surface area contributed by atoms with E-state index in [9.17, 15) is 14.4 Å². The largest absolute Gasteiger partial charge is 0.481 e. The molecule has 0 unspecified atom stereocenters. The van der Waals surface area contributed by atoms with Crippen LogP contribution in [0.15, 0.2) is 62.3 Å². The van der Waals surface area contributed by atoms with Gasteiger partial charge in [0.25, 0.3) is 5.91 Å². The molecule has 0 saturated carbocycles. The van der Waals surface area contributed by atoms with Crippen LogP contribution in [-0.4, -0.2) is 38.5 Å². The van der Waals surface area contributed by atoms with Crippen LogP contribution in [0.4, 0.5) is 0 Å². The topological polar surface area (TPSA) is 87.8 Å². The minimum absolute atomic E-state index is 0.0193. The van der Waals surface area contributed by atoms with Crippen LogP contribution < -0.4 is 0 Å². The maximum atomic E-state index is 12.7. The van der Waals surface area contributed by atoms with Crippen LogP contribution in [0.3, 0.4) is 0 Å². The Bertz CT molecular complexity index is 1280. The van der Waals surface area contributed by atoms with Gasteiger partial charge in [-0.15, -0.1) is 0 Å². The Morgan fingerprint density at radius 1 is 1.16 bits per heavy atom. The molecule has 32 heavy (non-hydrogen) atoms. The molecule has 0 radical (unpaired) electrons. The number of carbonyl (C=O) groups excluding carboxylic acids is 2. The van der Waals surface area contributed by atoms with Crippen molar-refractivity contribution in [3.05, 3.63) is 74.8 Å². The summed E-state index contributed by atoms with van der Waals surface area (Å²) in [7, 11) is 0. The minimum atomic E-state index is -0.905. The molecule has 162 valence electrons. The second-order valence-electron chi connectivity index (χ2n) is 7.07. The Kier molecular flexibility index (Phi) is 6.59. The quantitative estimate of drug-likeness (QED) is 0.246. The highest BCUT2D eigenvalue weighted by Crippen LogP contribution is 2.33. The first kappa shape index (κ1) is 22.4. The number of benzene rings is 2.